The molecule has 0 spiro atoms. The fourth-order valence-corrected chi connectivity index (χ4v) is 4.65. The van der Waals surface area contributed by atoms with E-state index >= 15 is 0 Å². The van der Waals surface area contributed by atoms with Crippen LogP contribution in [0.3, 0.4) is 0 Å². The predicted molar refractivity (Wildman–Crippen MR) is 123 cm³/mol. The van der Waals surface area contributed by atoms with E-state index in [1.54, 1.807) is 24.5 Å². The number of benzene rings is 1. The van der Waals surface area contributed by atoms with Crippen molar-refractivity contribution < 1.29 is 31.4 Å². The van der Waals surface area contributed by atoms with Crippen molar-refractivity contribution >= 4 is 38.5 Å². The van der Waals surface area contributed by atoms with E-state index in [0.29, 0.717) is 21.6 Å². The molecule has 4 rings (SSSR count). The largest absolute Gasteiger partial charge is 0.478 e. The highest BCUT2D eigenvalue weighted by atomic mass is 35.5. The summed E-state index contributed by atoms with van der Waals surface area (Å²) in [6, 6.07) is 3.10. The van der Waals surface area contributed by atoms with Crippen molar-refractivity contribution in [2.45, 2.75) is 18.2 Å². The van der Waals surface area contributed by atoms with Crippen LogP contribution >= 0.6 is 11.6 Å². The Morgan fingerprint density at radius 2 is 1.89 bits per heavy atom. The molecule has 1 aromatic carbocycles. The second-order valence-electron chi connectivity index (χ2n) is 7.14. The highest BCUT2D eigenvalue weighted by Gasteiger charge is 2.26. The van der Waals surface area contributed by atoms with Crippen LogP contribution in [0.25, 0.3) is 16.6 Å². The molecule has 0 unspecified atom stereocenters. The summed E-state index contributed by atoms with van der Waals surface area (Å²) in [5.74, 6) is -1.30. The van der Waals surface area contributed by atoms with Crippen LogP contribution in [-0.2, 0) is 10.0 Å². The molecule has 4 aromatic rings. The van der Waals surface area contributed by atoms with Gasteiger partial charge in [0.05, 0.1) is 31.0 Å². The number of aryl methyl sites for hydroxylation is 1. The molecule has 0 atom stereocenters. The van der Waals surface area contributed by atoms with Crippen LogP contribution in [-0.4, -0.2) is 60.4 Å². The molecule has 0 aliphatic carbocycles. The molecule has 0 saturated carbocycles. The third-order valence-corrected chi connectivity index (χ3v) is 6.41. The number of hydrogen-bond acceptors (Lipinski definition) is 8. The van der Waals surface area contributed by atoms with Gasteiger partial charge in [-0.3, -0.25) is 0 Å². The van der Waals surface area contributed by atoms with Gasteiger partial charge >= 0.3 is 0 Å². The van der Waals surface area contributed by atoms with Gasteiger partial charge in [-0.1, -0.05) is 11.6 Å². The lowest BCUT2D eigenvalue weighted by atomic mass is 10.2. The molecular weight excluding hydrogens is 510 g/mol. The number of anilines is 1. The minimum atomic E-state index is -4.24. The van der Waals surface area contributed by atoms with Gasteiger partial charge in [-0.05, 0) is 24.6 Å². The Balaban J connectivity index is 1.74. The zero-order chi connectivity index (χ0) is 25.3. The van der Waals surface area contributed by atoms with Gasteiger partial charge in [0.25, 0.3) is 28.2 Å². The predicted octanol–water partition coefficient (Wildman–Crippen LogP) is 3.57. The van der Waals surface area contributed by atoms with E-state index in [1.807, 2.05) is 6.92 Å². The Kier molecular flexibility index (Phi) is 6.67. The summed E-state index contributed by atoms with van der Waals surface area (Å²) in [4.78, 5) is 10.6. The van der Waals surface area contributed by atoms with E-state index in [9.17, 15) is 17.2 Å². The fraction of sp³-hybridized carbons (Fsp3) is 0.250. The van der Waals surface area contributed by atoms with Crippen LogP contribution in [0.1, 0.15) is 5.56 Å². The summed E-state index contributed by atoms with van der Waals surface area (Å²) in [7, 11) is -1.83. The number of hydrogen-bond donors (Lipinski definition) is 2. The number of alkyl halides is 2. The minimum absolute atomic E-state index is 0.117. The van der Waals surface area contributed by atoms with Gasteiger partial charge in [0.1, 0.15) is 17.2 Å². The van der Waals surface area contributed by atoms with Crippen LogP contribution in [0.2, 0.25) is 5.02 Å². The normalized spacial score (nSPS) is 11.7. The van der Waals surface area contributed by atoms with Gasteiger partial charge in [-0.25, -0.2) is 26.6 Å². The van der Waals surface area contributed by atoms with Crippen molar-refractivity contribution in [2.24, 2.45) is 0 Å². The van der Waals surface area contributed by atoms with E-state index in [-0.39, 0.29) is 22.4 Å². The maximum Gasteiger partial charge on any atom is 0.272 e. The van der Waals surface area contributed by atoms with E-state index in [0.717, 1.165) is 5.56 Å². The average Bonchev–Trinajstić information content (AvgIpc) is 3.43. The lowest BCUT2D eigenvalue weighted by Crippen LogP contribution is -2.16. The van der Waals surface area contributed by atoms with Crippen molar-refractivity contribution in [3.8, 4) is 23.2 Å². The van der Waals surface area contributed by atoms with Crippen molar-refractivity contribution in [1.82, 2.24) is 24.7 Å². The minimum Gasteiger partial charge on any atom is -0.478 e. The monoisotopic (exact) mass is 528 g/mol. The average molecular weight is 529 g/mol. The number of H-pyrrole nitrogens is 1. The van der Waals surface area contributed by atoms with Crippen molar-refractivity contribution in [3.05, 3.63) is 41.3 Å². The Labute approximate surface area is 203 Å². The summed E-state index contributed by atoms with van der Waals surface area (Å²) in [6.07, 6.45) is 1.91. The maximum atomic E-state index is 13.2. The third-order valence-electron chi connectivity index (χ3n) is 4.74. The second-order valence-corrected chi connectivity index (χ2v) is 9.19. The maximum absolute atomic E-state index is 13.2. The standard InChI is InChI=1S/C20H19ClF2N6O5S/c1-10-6-25-29(8-10)16-12(21)5-4-11-13(7-24-15(11)16)35(30,31)28-20-26-18(32-2)17(19(27-20)33-3)34-9-14(22)23/h4-8,14,24H,9H2,1-3H3,(H,26,27,28). The number of nitrogens with one attached hydrogen (secondary N) is 2. The molecule has 11 nitrogen and oxygen atoms in total. The molecule has 0 fully saturated rings. The molecule has 3 aromatic heterocycles. The number of halogens is 3. The van der Waals surface area contributed by atoms with Crippen molar-refractivity contribution in [2.75, 3.05) is 25.5 Å². The quantitative estimate of drug-likeness (QED) is 0.337. The number of ether oxygens (including phenoxy) is 3. The van der Waals surface area contributed by atoms with Crippen LogP contribution in [0, 0.1) is 6.92 Å². The lowest BCUT2D eigenvalue weighted by Gasteiger charge is -2.14. The van der Waals surface area contributed by atoms with Gasteiger partial charge in [0.15, 0.2) is 0 Å². The lowest BCUT2D eigenvalue weighted by molar-refractivity contribution is 0.0781. The molecular formula is C20H19ClF2N6O5S. The number of rotatable bonds is 9. The highest BCUT2D eigenvalue weighted by molar-refractivity contribution is 7.93. The SMILES string of the molecule is COc1nc(NS(=O)(=O)c2c[nH]c3c(-n4cc(C)cn4)c(Cl)ccc23)nc(OC)c1OCC(F)F. The number of sulfonamides is 1. The fourth-order valence-electron chi connectivity index (χ4n) is 3.29. The molecule has 15 heteroatoms. The summed E-state index contributed by atoms with van der Waals surface area (Å²) in [5.41, 5.74) is 1.80. The Hall–Kier alpha value is -3.65. The molecule has 0 saturated heterocycles. The molecule has 0 amide bonds. The Morgan fingerprint density at radius 3 is 2.46 bits per heavy atom. The van der Waals surface area contributed by atoms with E-state index in [2.05, 4.69) is 24.8 Å². The third kappa shape index (κ3) is 4.79. The second kappa shape index (κ2) is 9.54. The molecule has 0 aliphatic heterocycles. The smallest absolute Gasteiger partial charge is 0.272 e. The summed E-state index contributed by atoms with van der Waals surface area (Å²) in [5, 5.41) is 4.94. The van der Waals surface area contributed by atoms with E-state index in [4.69, 9.17) is 25.8 Å². The first-order valence-electron chi connectivity index (χ1n) is 9.89. The molecule has 186 valence electrons. The van der Waals surface area contributed by atoms with Crippen LogP contribution < -0.4 is 18.9 Å². The zero-order valence-corrected chi connectivity index (χ0v) is 20.1. The van der Waals surface area contributed by atoms with E-state index < -0.39 is 29.0 Å². The van der Waals surface area contributed by atoms with Gasteiger partial charge in [0, 0.05) is 17.8 Å². The molecule has 3 heterocycles. The van der Waals surface area contributed by atoms with Crippen molar-refractivity contribution in [3.63, 3.8) is 0 Å². The first-order chi connectivity index (χ1) is 16.6. The summed E-state index contributed by atoms with van der Waals surface area (Å²) in [6.45, 7) is 0.898. The summed E-state index contributed by atoms with van der Waals surface area (Å²) >= 11 is 6.37. The van der Waals surface area contributed by atoms with Crippen LogP contribution in [0.15, 0.2) is 35.6 Å². The number of aromatic nitrogens is 5. The molecule has 0 aliphatic rings. The van der Waals surface area contributed by atoms with Gasteiger partial charge < -0.3 is 19.2 Å². The topological polar surface area (TPSA) is 133 Å². The molecule has 0 bridgehead atoms. The van der Waals surface area contributed by atoms with E-state index in [1.165, 1.54) is 25.1 Å². The Bertz CT molecular complexity index is 1470. The van der Waals surface area contributed by atoms with Crippen molar-refractivity contribution in [1.29, 1.82) is 0 Å². The van der Waals surface area contributed by atoms with Crippen LogP contribution in [0.5, 0.6) is 17.5 Å². The zero-order valence-electron chi connectivity index (χ0n) is 18.5. The van der Waals surface area contributed by atoms with Crippen LogP contribution in [0.4, 0.5) is 14.7 Å². The first-order valence-corrected chi connectivity index (χ1v) is 11.8. The summed E-state index contributed by atoms with van der Waals surface area (Å²) < 4.78 is 70.5. The molecule has 0 radical (unpaired) electrons. The number of methoxy groups -OCH3 is 2. The number of fused-ring (bicyclic) bond motifs is 1. The first kappa shape index (κ1) is 24.5. The number of aromatic amines is 1. The number of nitrogens with zero attached hydrogens (tertiary/aromatic N) is 4. The highest BCUT2D eigenvalue weighted by Crippen LogP contribution is 2.37. The van der Waals surface area contributed by atoms with Gasteiger partial charge in [-0.2, -0.15) is 15.1 Å². The molecule has 2 N–H and O–H groups in total. The van der Waals surface area contributed by atoms with Gasteiger partial charge in [0.2, 0.25) is 11.7 Å². The molecule has 35 heavy (non-hydrogen) atoms. The van der Waals surface area contributed by atoms with Gasteiger partial charge in [-0.15, -0.1) is 0 Å². The Morgan fingerprint density at radius 1 is 1.20 bits per heavy atom.